The molecular formula is C26H28FN3O3. The van der Waals surface area contributed by atoms with Crippen LogP contribution in [0.25, 0.3) is 10.9 Å². The maximum atomic E-state index is 14.9. The number of para-hydroxylation sites is 1. The van der Waals surface area contributed by atoms with Gasteiger partial charge in [0.15, 0.2) is 0 Å². The van der Waals surface area contributed by atoms with E-state index in [9.17, 15) is 14.0 Å². The van der Waals surface area contributed by atoms with Crippen LogP contribution in [0.2, 0.25) is 0 Å². The van der Waals surface area contributed by atoms with Gasteiger partial charge < -0.3 is 14.6 Å². The average Bonchev–Trinajstić information content (AvgIpc) is 3.18. The van der Waals surface area contributed by atoms with E-state index >= 15 is 0 Å². The minimum atomic E-state index is -1.31. The lowest BCUT2D eigenvalue weighted by atomic mass is 9.91. The first-order valence-corrected chi connectivity index (χ1v) is 11.5. The van der Waals surface area contributed by atoms with Gasteiger partial charge in [-0.25, -0.2) is 4.39 Å². The molecule has 172 valence electrons. The first kappa shape index (κ1) is 21.5. The standard InChI is InChI=1S/C26H28FN3O3/c1-26(25(32)28-18-8-4-3-5-9-18)16-29-22-15-19(33-2)13-12-17(22)14-23(29)24(31)30(26)21-11-7-6-10-20(21)27/h6-7,10-15,18H,3-5,8-9,16H2,1-2H3,(H,28,32). The number of nitrogens with zero attached hydrogens (tertiary/aromatic N) is 2. The highest BCUT2D eigenvalue weighted by atomic mass is 19.1. The Kier molecular flexibility index (Phi) is 5.35. The van der Waals surface area contributed by atoms with Crippen LogP contribution >= 0.6 is 0 Å². The Bertz CT molecular complexity index is 1230. The summed E-state index contributed by atoms with van der Waals surface area (Å²) in [6.07, 6.45) is 5.16. The second-order valence-electron chi connectivity index (χ2n) is 9.21. The van der Waals surface area contributed by atoms with Gasteiger partial charge in [0.1, 0.15) is 22.8 Å². The molecule has 0 bridgehead atoms. The van der Waals surface area contributed by atoms with Gasteiger partial charge in [-0.05, 0) is 50.1 Å². The van der Waals surface area contributed by atoms with E-state index in [2.05, 4.69) is 5.32 Å². The number of methoxy groups -OCH3 is 1. The fourth-order valence-corrected chi connectivity index (χ4v) is 5.20. The van der Waals surface area contributed by atoms with Crippen molar-refractivity contribution >= 4 is 28.4 Å². The number of nitrogens with one attached hydrogen (secondary N) is 1. The van der Waals surface area contributed by atoms with E-state index in [0.29, 0.717) is 11.4 Å². The van der Waals surface area contributed by atoms with Crippen LogP contribution in [0.4, 0.5) is 10.1 Å². The second-order valence-corrected chi connectivity index (χ2v) is 9.21. The molecule has 0 radical (unpaired) electrons. The maximum Gasteiger partial charge on any atom is 0.276 e. The van der Waals surface area contributed by atoms with Crippen molar-refractivity contribution < 1.29 is 18.7 Å². The quantitative estimate of drug-likeness (QED) is 0.630. The number of fused-ring (bicyclic) bond motifs is 3. The summed E-state index contributed by atoms with van der Waals surface area (Å²) in [7, 11) is 1.59. The lowest BCUT2D eigenvalue weighted by Gasteiger charge is -2.44. The molecule has 1 aromatic heterocycles. The summed E-state index contributed by atoms with van der Waals surface area (Å²) in [5.41, 5.74) is 0.0311. The third-order valence-corrected chi connectivity index (χ3v) is 7.02. The third kappa shape index (κ3) is 3.56. The van der Waals surface area contributed by atoms with Gasteiger partial charge in [0, 0.05) is 17.5 Å². The van der Waals surface area contributed by atoms with Gasteiger partial charge in [-0.2, -0.15) is 0 Å². The van der Waals surface area contributed by atoms with Crippen LogP contribution in [0.15, 0.2) is 48.5 Å². The van der Waals surface area contributed by atoms with Gasteiger partial charge >= 0.3 is 0 Å². The first-order chi connectivity index (χ1) is 15.9. The summed E-state index contributed by atoms with van der Waals surface area (Å²) in [5, 5.41) is 4.03. The number of carbonyl (C=O) groups excluding carboxylic acids is 2. The van der Waals surface area contributed by atoms with Crippen LogP contribution in [0.5, 0.6) is 5.75 Å². The van der Waals surface area contributed by atoms with E-state index in [1.807, 2.05) is 22.8 Å². The van der Waals surface area contributed by atoms with Crippen molar-refractivity contribution in [3.63, 3.8) is 0 Å². The summed E-state index contributed by atoms with van der Waals surface area (Å²) >= 11 is 0. The third-order valence-electron chi connectivity index (χ3n) is 7.02. The van der Waals surface area contributed by atoms with Crippen LogP contribution in [-0.4, -0.2) is 35.1 Å². The zero-order chi connectivity index (χ0) is 23.2. The van der Waals surface area contributed by atoms with Crippen LogP contribution < -0.4 is 15.0 Å². The maximum absolute atomic E-state index is 14.9. The number of amides is 2. The molecule has 1 saturated carbocycles. The number of ether oxygens (including phenoxy) is 1. The van der Waals surface area contributed by atoms with Gasteiger partial charge in [0.25, 0.3) is 5.91 Å². The summed E-state index contributed by atoms with van der Waals surface area (Å²) in [6.45, 7) is 1.93. The zero-order valence-electron chi connectivity index (χ0n) is 18.9. The summed E-state index contributed by atoms with van der Waals surface area (Å²) < 4.78 is 22.2. The summed E-state index contributed by atoms with van der Waals surface area (Å²) in [5.74, 6) is -0.529. The van der Waals surface area contributed by atoms with E-state index in [1.165, 1.54) is 17.4 Å². The molecule has 1 aliphatic carbocycles. The molecule has 0 saturated heterocycles. The molecule has 2 aromatic carbocycles. The number of hydrogen-bond acceptors (Lipinski definition) is 3. The first-order valence-electron chi connectivity index (χ1n) is 11.5. The largest absolute Gasteiger partial charge is 0.497 e. The van der Waals surface area contributed by atoms with Crippen LogP contribution in [0.3, 0.4) is 0 Å². The highest BCUT2D eigenvalue weighted by Crippen LogP contribution is 2.38. The molecule has 5 rings (SSSR count). The average molecular weight is 450 g/mol. The summed E-state index contributed by atoms with van der Waals surface area (Å²) in [4.78, 5) is 28.9. The highest BCUT2D eigenvalue weighted by Gasteiger charge is 2.49. The van der Waals surface area contributed by atoms with Gasteiger partial charge in [-0.3, -0.25) is 14.5 Å². The van der Waals surface area contributed by atoms with Crippen LogP contribution in [-0.2, 0) is 11.3 Å². The van der Waals surface area contributed by atoms with Gasteiger partial charge in [-0.15, -0.1) is 0 Å². The number of aromatic nitrogens is 1. The monoisotopic (exact) mass is 449 g/mol. The normalized spacial score (nSPS) is 21.2. The molecule has 7 heteroatoms. The Hall–Kier alpha value is -3.35. The Labute approximate surface area is 192 Å². The molecular weight excluding hydrogens is 421 g/mol. The SMILES string of the molecule is COc1ccc2cc3n(c2c1)CC(C)(C(=O)NC1CCCCC1)N(c1ccccc1F)C3=O. The van der Waals surface area contributed by atoms with E-state index in [0.717, 1.165) is 36.6 Å². The Morgan fingerprint density at radius 2 is 1.88 bits per heavy atom. The van der Waals surface area contributed by atoms with Crippen molar-refractivity contribution in [1.82, 2.24) is 9.88 Å². The topological polar surface area (TPSA) is 63.6 Å². The van der Waals surface area contributed by atoms with Crippen LogP contribution in [0, 0.1) is 5.82 Å². The Morgan fingerprint density at radius 1 is 1.12 bits per heavy atom. The smallest absolute Gasteiger partial charge is 0.276 e. The lowest BCUT2D eigenvalue weighted by molar-refractivity contribution is -0.127. The number of rotatable bonds is 4. The highest BCUT2D eigenvalue weighted by molar-refractivity contribution is 6.14. The van der Waals surface area contributed by atoms with E-state index < -0.39 is 17.3 Å². The second kappa shape index (κ2) is 8.21. The van der Waals surface area contributed by atoms with Crippen molar-refractivity contribution in [2.45, 2.75) is 57.2 Å². The Balaban J connectivity index is 1.64. The van der Waals surface area contributed by atoms with E-state index in [4.69, 9.17) is 4.74 Å². The van der Waals surface area contributed by atoms with Crippen molar-refractivity contribution in [3.05, 3.63) is 60.0 Å². The lowest BCUT2D eigenvalue weighted by Crippen LogP contribution is -2.65. The predicted molar refractivity (Wildman–Crippen MR) is 125 cm³/mol. The Morgan fingerprint density at radius 3 is 2.61 bits per heavy atom. The molecule has 2 heterocycles. The minimum absolute atomic E-state index is 0.0727. The zero-order valence-corrected chi connectivity index (χ0v) is 18.9. The molecule has 0 spiro atoms. The molecule has 2 amide bonds. The molecule has 2 aliphatic rings. The van der Waals surface area contributed by atoms with Crippen molar-refractivity contribution in [3.8, 4) is 5.75 Å². The molecule has 1 aliphatic heterocycles. The molecule has 33 heavy (non-hydrogen) atoms. The van der Waals surface area contributed by atoms with Crippen molar-refractivity contribution in [1.29, 1.82) is 0 Å². The van der Waals surface area contributed by atoms with Crippen LogP contribution in [0.1, 0.15) is 49.5 Å². The molecule has 1 N–H and O–H groups in total. The molecule has 6 nitrogen and oxygen atoms in total. The fraction of sp³-hybridized carbons (Fsp3) is 0.385. The van der Waals surface area contributed by atoms with E-state index in [-0.39, 0.29) is 24.2 Å². The molecule has 1 fully saturated rings. The van der Waals surface area contributed by atoms with Gasteiger partial charge in [0.2, 0.25) is 5.91 Å². The fourth-order valence-electron chi connectivity index (χ4n) is 5.20. The molecule has 1 unspecified atom stereocenters. The number of halogens is 1. The number of anilines is 1. The molecule has 1 atom stereocenters. The number of hydrogen-bond donors (Lipinski definition) is 1. The summed E-state index contributed by atoms with van der Waals surface area (Å²) in [6, 6.07) is 13.6. The van der Waals surface area contributed by atoms with Gasteiger partial charge in [0.05, 0.1) is 24.9 Å². The van der Waals surface area contributed by atoms with Crippen molar-refractivity contribution in [2.75, 3.05) is 12.0 Å². The van der Waals surface area contributed by atoms with Crippen molar-refractivity contribution in [2.24, 2.45) is 0 Å². The van der Waals surface area contributed by atoms with E-state index in [1.54, 1.807) is 38.3 Å². The minimum Gasteiger partial charge on any atom is -0.497 e. The number of benzene rings is 2. The number of carbonyl (C=O) groups is 2. The molecule has 3 aromatic rings. The van der Waals surface area contributed by atoms with Gasteiger partial charge in [-0.1, -0.05) is 31.4 Å². The predicted octanol–water partition coefficient (Wildman–Crippen LogP) is 4.66.